The molecule has 0 aliphatic carbocycles. The molecule has 3 heterocycles. The van der Waals surface area contributed by atoms with Crippen LogP contribution in [0.5, 0.6) is 0 Å². The number of furan rings is 1. The summed E-state index contributed by atoms with van der Waals surface area (Å²) in [6.07, 6.45) is 1.78. The van der Waals surface area contributed by atoms with Crippen LogP contribution >= 0.6 is 0 Å². The van der Waals surface area contributed by atoms with Gasteiger partial charge < -0.3 is 4.42 Å². The van der Waals surface area contributed by atoms with Gasteiger partial charge in [-0.05, 0) is 119 Å². The largest absolute Gasteiger partial charge is 0.464 e. The van der Waals surface area contributed by atoms with Crippen molar-refractivity contribution in [3.05, 3.63) is 225 Å². The third-order valence-corrected chi connectivity index (χ3v) is 13.6. The Hall–Kier alpha value is -8.86. The van der Waals surface area contributed by atoms with Gasteiger partial charge in [-0.1, -0.05) is 164 Å². The maximum absolute atomic E-state index is 6.04. The molecular formula is C62H37N3O. The van der Waals surface area contributed by atoms with Gasteiger partial charge in [0.1, 0.15) is 11.4 Å². The molecule has 0 aliphatic heterocycles. The third kappa shape index (κ3) is 5.72. The van der Waals surface area contributed by atoms with E-state index in [2.05, 4.69) is 217 Å². The van der Waals surface area contributed by atoms with Crippen molar-refractivity contribution in [2.45, 2.75) is 0 Å². The topological polar surface area (TPSA) is 43.9 Å². The van der Waals surface area contributed by atoms with Crippen molar-refractivity contribution in [1.29, 1.82) is 0 Å². The molecule has 66 heavy (non-hydrogen) atoms. The summed E-state index contributed by atoms with van der Waals surface area (Å²) >= 11 is 0. The molecule has 0 spiro atoms. The first-order valence-corrected chi connectivity index (χ1v) is 22.4. The summed E-state index contributed by atoms with van der Waals surface area (Å²) in [5, 5.41) is 15.3. The Morgan fingerprint density at radius 1 is 0.318 bits per heavy atom. The van der Waals surface area contributed by atoms with Gasteiger partial charge in [-0.2, -0.15) is 0 Å². The van der Waals surface area contributed by atoms with E-state index in [1.54, 1.807) is 6.26 Å². The molecule has 0 bridgehead atoms. The van der Waals surface area contributed by atoms with Gasteiger partial charge in [-0.25, -0.2) is 9.97 Å². The third-order valence-electron chi connectivity index (χ3n) is 13.6. The van der Waals surface area contributed by atoms with E-state index in [0.717, 1.165) is 66.5 Å². The molecule has 0 saturated carbocycles. The van der Waals surface area contributed by atoms with Crippen molar-refractivity contribution in [3.8, 4) is 50.7 Å². The highest BCUT2D eigenvalue weighted by molar-refractivity contribution is 6.29. The minimum atomic E-state index is 0.675. The second-order valence-corrected chi connectivity index (χ2v) is 17.4. The average Bonchev–Trinajstić information content (AvgIpc) is 4.00. The van der Waals surface area contributed by atoms with Crippen LogP contribution in [-0.2, 0) is 0 Å². The summed E-state index contributed by atoms with van der Waals surface area (Å²) in [6, 6.07) is 78.8. The second-order valence-electron chi connectivity index (χ2n) is 17.4. The lowest BCUT2D eigenvalue weighted by Gasteiger charge is -2.15. The summed E-state index contributed by atoms with van der Waals surface area (Å²) in [5.41, 5.74) is 10.5. The number of hydrogen-bond donors (Lipinski definition) is 0. The van der Waals surface area contributed by atoms with Crippen LogP contribution in [-0.4, -0.2) is 14.5 Å². The molecule has 306 valence electrons. The van der Waals surface area contributed by atoms with Crippen LogP contribution in [0.3, 0.4) is 0 Å². The van der Waals surface area contributed by atoms with Gasteiger partial charge >= 0.3 is 0 Å². The number of aromatic nitrogens is 3. The van der Waals surface area contributed by atoms with Crippen LogP contribution in [0.25, 0.3) is 137 Å². The molecular weight excluding hydrogens is 803 g/mol. The number of para-hydroxylation sites is 1. The molecule has 0 unspecified atom stereocenters. The molecule has 14 aromatic rings. The Balaban J connectivity index is 1.08. The molecule has 0 radical (unpaired) electrons. The van der Waals surface area contributed by atoms with Crippen molar-refractivity contribution in [3.63, 3.8) is 0 Å². The first-order valence-electron chi connectivity index (χ1n) is 22.4. The lowest BCUT2D eigenvalue weighted by Crippen LogP contribution is -2.02. The maximum atomic E-state index is 6.04. The van der Waals surface area contributed by atoms with E-state index in [9.17, 15) is 0 Å². The zero-order valence-corrected chi connectivity index (χ0v) is 35.6. The summed E-state index contributed by atoms with van der Waals surface area (Å²) < 4.78 is 8.40. The average molecular weight is 840 g/mol. The van der Waals surface area contributed by atoms with E-state index in [0.29, 0.717) is 5.82 Å². The lowest BCUT2D eigenvalue weighted by atomic mass is 9.91. The SMILES string of the molecule is c1ccc(-c2ccc3c(c2)c2cc4c5ccccc5c5cc(-c6cccc7ccoc67)ccc5c4cc2n3-c2cc(-c3ccc4ccccc4c3)nc(-c3ccc4ccccc4c3)n2)cc1. The van der Waals surface area contributed by atoms with Gasteiger partial charge in [-0.15, -0.1) is 0 Å². The minimum Gasteiger partial charge on any atom is -0.464 e. The summed E-state index contributed by atoms with van der Waals surface area (Å²) in [6.45, 7) is 0. The van der Waals surface area contributed by atoms with Gasteiger partial charge in [0.15, 0.2) is 5.82 Å². The van der Waals surface area contributed by atoms with Crippen LogP contribution in [0.2, 0.25) is 0 Å². The molecule has 4 heteroatoms. The van der Waals surface area contributed by atoms with E-state index in [4.69, 9.17) is 14.4 Å². The van der Waals surface area contributed by atoms with Crippen molar-refractivity contribution in [2.75, 3.05) is 0 Å². The molecule has 3 aromatic heterocycles. The smallest absolute Gasteiger partial charge is 0.162 e. The van der Waals surface area contributed by atoms with Crippen molar-refractivity contribution in [2.24, 2.45) is 0 Å². The fourth-order valence-corrected chi connectivity index (χ4v) is 10.4. The Morgan fingerprint density at radius 3 is 1.73 bits per heavy atom. The Bertz CT molecular complexity index is 4200. The van der Waals surface area contributed by atoms with E-state index < -0.39 is 0 Å². The van der Waals surface area contributed by atoms with Crippen molar-refractivity contribution in [1.82, 2.24) is 14.5 Å². The fourth-order valence-electron chi connectivity index (χ4n) is 10.4. The van der Waals surface area contributed by atoms with Gasteiger partial charge in [0.25, 0.3) is 0 Å². The lowest BCUT2D eigenvalue weighted by molar-refractivity contribution is 0.617. The molecule has 0 N–H and O–H groups in total. The Labute approximate surface area is 379 Å². The van der Waals surface area contributed by atoms with Crippen LogP contribution in [0.1, 0.15) is 0 Å². The summed E-state index contributed by atoms with van der Waals surface area (Å²) in [4.78, 5) is 10.9. The van der Waals surface area contributed by atoms with Crippen molar-refractivity contribution >= 4 is 86.6 Å². The molecule has 0 saturated heterocycles. The zero-order valence-electron chi connectivity index (χ0n) is 35.6. The highest BCUT2D eigenvalue weighted by Crippen LogP contribution is 2.44. The van der Waals surface area contributed by atoms with Crippen molar-refractivity contribution < 1.29 is 4.42 Å². The van der Waals surface area contributed by atoms with Crippen LogP contribution < -0.4 is 0 Å². The molecule has 0 amide bonds. The molecule has 0 fully saturated rings. The molecule has 11 aromatic carbocycles. The van der Waals surface area contributed by atoms with E-state index in [-0.39, 0.29) is 0 Å². The number of rotatable bonds is 5. The Morgan fingerprint density at radius 2 is 0.924 bits per heavy atom. The number of nitrogens with zero attached hydrogens (tertiary/aromatic N) is 3. The number of benzene rings is 11. The quantitative estimate of drug-likeness (QED) is 0.162. The standard InChI is InChI=1S/C62H37N3O/c1-2-11-38(12-3-1)44-26-28-58-55(33-44)56-35-53-50-19-9-8-18-49(50)52-34-45(48-20-10-17-41-29-30-66-61(41)48)25-27-51(52)54(53)36-59(56)65(58)60-37-57(46-23-21-39-13-4-6-15-42(39)31-46)63-62(64-60)47-24-22-40-14-5-7-16-43(40)32-47/h1-37H. The maximum Gasteiger partial charge on any atom is 0.162 e. The Kier molecular flexibility index (Phi) is 7.95. The molecule has 0 aliphatic rings. The normalized spacial score (nSPS) is 11.9. The number of hydrogen-bond acceptors (Lipinski definition) is 3. The molecule has 14 rings (SSSR count). The zero-order chi connectivity index (χ0) is 43.3. The van der Waals surface area contributed by atoms with Crippen LogP contribution in [0.15, 0.2) is 229 Å². The van der Waals surface area contributed by atoms with E-state index in [1.165, 1.54) is 65.0 Å². The highest BCUT2D eigenvalue weighted by Gasteiger charge is 2.21. The first-order chi connectivity index (χ1) is 32.7. The van der Waals surface area contributed by atoms with Gasteiger partial charge in [0.05, 0.1) is 23.0 Å². The predicted octanol–water partition coefficient (Wildman–Crippen LogP) is 16.8. The van der Waals surface area contributed by atoms with Gasteiger partial charge in [-0.3, -0.25) is 4.57 Å². The second kappa shape index (κ2) is 14.3. The first kappa shape index (κ1) is 36.6. The molecule has 4 nitrogen and oxygen atoms in total. The van der Waals surface area contributed by atoms with Gasteiger partial charge in [0.2, 0.25) is 0 Å². The monoisotopic (exact) mass is 839 g/mol. The number of fused-ring (bicyclic) bond motifs is 12. The van der Waals surface area contributed by atoms with Crippen LogP contribution in [0.4, 0.5) is 0 Å². The summed E-state index contributed by atoms with van der Waals surface area (Å²) in [5.74, 6) is 1.48. The van der Waals surface area contributed by atoms with E-state index >= 15 is 0 Å². The predicted molar refractivity (Wildman–Crippen MR) is 275 cm³/mol. The minimum absolute atomic E-state index is 0.675. The fraction of sp³-hybridized carbons (Fsp3) is 0. The van der Waals surface area contributed by atoms with Crippen LogP contribution in [0, 0.1) is 0 Å². The molecule has 0 atom stereocenters. The van der Waals surface area contributed by atoms with E-state index in [1.807, 2.05) is 6.07 Å². The van der Waals surface area contributed by atoms with Gasteiger partial charge in [0, 0.05) is 38.9 Å². The summed E-state index contributed by atoms with van der Waals surface area (Å²) in [7, 11) is 0. The highest BCUT2D eigenvalue weighted by atomic mass is 16.3.